The van der Waals surface area contributed by atoms with Crippen molar-refractivity contribution in [2.75, 3.05) is 45.8 Å². The highest BCUT2D eigenvalue weighted by molar-refractivity contribution is 5.97. The summed E-state index contributed by atoms with van der Waals surface area (Å²) >= 11 is 0. The Morgan fingerprint density at radius 3 is 2.55 bits per heavy atom. The van der Waals surface area contributed by atoms with Crippen LogP contribution in [-0.4, -0.2) is 88.0 Å². The van der Waals surface area contributed by atoms with Gasteiger partial charge in [-0.3, -0.25) is 24.0 Å². The van der Waals surface area contributed by atoms with E-state index in [-0.39, 0.29) is 24.3 Å². The van der Waals surface area contributed by atoms with Crippen molar-refractivity contribution in [2.24, 2.45) is 0 Å². The van der Waals surface area contributed by atoms with Gasteiger partial charge in [0.2, 0.25) is 11.8 Å². The molecule has 33 heavy (non-hydrogen) atoms. The van der Waals surface area contributed by atoms with Gasteiger partial charge in [0.05, 0.1) is 19.6 Å². The number of rotatable bonds is 7. The summed E-state index contributed by atoms with van der Waals surface area (Å²) in [7, 11) is 0. The lowest BCUT2D eigenvalue weighted by Crippen LogP contribution is -2.50. The van der Waals surface area contributed by atoms with E-state index in [0.717, 1.165) is 23.4 Å². The minimum Gasteiger partial charge on any atom is -0.353 e. The Morgan fingerprint density at radius 2 is 1.85 bits per heavy atom. The van der Waals surface area contributed by atoms with Crippen LogP contribution in [0.1, 0.15) is 41.2 Å². The van der Waals surface area contributed by atoms with Crippen LogP contribution in [-0.2, 0) is 29.1 Å². The van der Waals surface area contributed by atoms with Gasteiger partial charge in [0, 0.05) is 56.9 Å². The zero-order valence-corrected chi connectivity index (χ0v) is 19.4. The first kappa shape index (κ1) is 23.0. The zero-order valence-electron chi connectivity index (χ0n) is 19.4. The Labute approximate surface area is 194 Å². The van der Waals surface area contributed by atoms with Crippen molar-refractivity contribution in [1.82, 2.24) is 29.8 Å². The average Bonchev–Trinajstić information content (AvgIpc) is 3.17. The molecule has 0 aliphatic carbocycles. The summed E-state index contributed by atoms with van der Waals surface area (Å²) in [4.78, 5) is 43.4. The van der Waals surface area contributed by atoms with E-state index in [1.54, 1.807) is 4.90 Å². The molecule has 4 rings (SSSR count). The van der Waals surface area contributed by atoms with Crippen molar-refractivity contribution in [1.29, 1.82) is 0 Å². The zero-order chi connectivity index (χ0) is 23.4. The van der Waals surface area contributed by atoms with E-state index in [1.807, 2.05) is 53.8 Å². The number of fused-ring (bicyclic) bond motifs is 1. The fourth-order valence-corrected chi connectivity index (χ4v) is 4.57. The van der Waals surface area contributed by atoms with Gasteiger partial charge < -0.3 is 15.1 Å². The van der Waals surface area contributed by atoms with Crippen molar-refractivity contribution >= 4 is 17.7 Å². The van der Waals surface area contributed by atoms with Crippen LogP contribution in [0.15, 0.2) is 30.3 Å². The van der Waals surface area contributed by atoms with Crippen LogP contribution >= 0.6 is 0 Å². The fraction of sp³-hybridized carbons (Fsp3) is 0.500. The highest BCUT2D eigenvalue weighted by atomic mass is 16.2. The number of carbonyl (C=O) groups is 3. The minimum absolute atomic E-state index is 0.0450. The van der Waals surface area contributed by atoms with E-state index in [4.69, 9.17) is 5.10 Å². The summed E-state index contributed by atoms with van der Waals surface area (Å²) in [5, 5.41) is 7.50. The van der Waals surface area contributed by atoms with E-state index in [0.29, 0.717) is 57.9 Å². The van der Waals surface area contributed by atoms with Gasteiger partial charge >= 0.3 is 0 Å². The molecule has 1 N–H and O–H groups in total. The Bertz CT molecular complexity index is 1010. The molecule has 3 amide bonds. The third-order valence-corrected chi connectivity index (χ3v) is 6.39. The van der Waals surface area contributed by atoms with Gasteiger partial charge in [0.25, 0.3) is 5.91 Å². The molecule has 0 unspecified atom stereocenters. The molecule has 0 bridgehead atoms. The maximum atomic E-state index is 13.4. The molecule has 9 heteroatoms. The summed E-state index contributed by atoms with van der Waals surface area (Å²) in [5.74, 6) is -0.274. The fourth-order valence-electron chi connectivity index (χ4n) is 4.57. The molecule has 1 aromatic carbocycles. The van der Waals surface area contributed by atoms with Crippen molar-refractivity contribution < 1.29 is 14.4 Å². The van der Waals surface area contributed by atoms with Crippen LogP contribution < -0.4 is 5.32 Å². The molecule has 2 aliphatic heterocycles. The van der Waals surface area contributed by atoms with Crippen LogP contribution in [0.4, 0.5) is 0 Å². The van der Waals surface area contributed by atoms with Gasteiger partial charge in [-0.25, -0.2) is 0 Å². The largest absolute Gasteiger partial charge is 0.353 e. The van der Waals surface area contributed by atoms with E-state index in [1.165, 1.54) is 0 Å². The van der Waals surface area contributed by atoms with Crippen molar-refractivity contribution in [3.05, 3.63) is 52.8 Å². The van der Waals surface area contributed by atoms with Crippen molar-refractivity contribution in [3.8, 4) is 0 Å². The van der Waals surface area contributed by atoms with Gasteiger partial charge in [-0.1, -0.05) is 30.3 Å². The number of aromatic nitrogens is 2. The molecule has 1 fully saturated rings. The first-order chi connectivity index (χ1) is 16.0. The molecule has 1 aromatic heterocycles. The Morgan fingerprint density at radius 1 is 1.09 bits per heavy atom. The molecule has 1 saturated heterocycles. The number of benzene rings is 1. The number of carbonyl (C=O) groups excluding carboxylic acids is 3. The van der Waals surface area contributed by atoms with Crippen LogP contribution in [0.2, 0.25) is 0 Å². The molecule has 0 saturated carbocycles. The topological polar surface area (TPSA) is 90.8 Å². The van der Waals surface area contributed by atoms with Gasteiger partial charge in [-0.15, -0.1) is 0 Å². The molecule has 2 aliphatic rings. The lowest BCUT2D eigenvalue weighted by molar-refractivity contribution is -0.132. The summed E-state index contributed by atoms with van der Waals surface area (Å²) in [5.41, 5.74) is 3.42. The quantitative estimate of drug-likeness (QED) is 0.669. The smallest absolute Gasteiger partial charge is 0.275 e. The number of hydrogen-bond donors (Lipinski definition) is 1. The first-order valence-electron chi connectivity index (χ1n) is 11.7. The Kier molecular flexibility index (Phi) is 7.08. The summed E-state index contributed by atoms with van der Waals surface area (Å²) < 4.78 is 1.92. The Balaban J connectivity index is 1.61. The molecular weight excluding hydrogens is 420 g/mol. The molecule has 0 radical (unpaired) electrons. The number of piperazine rings is 1. The predicted molar refractivity (Wildman–Crippen MR) is 124 cm³/mol. The minimum atomic E-state index is -0.218. The van der Waals surface area contributed by atoms with Gasteiger partial charge in [0.15, 0.2) is 5.69 Å². The molecule has 9 nitrogen and oxygen atoms in total. The maximum absolute atomic E-state index is 13.4. The second kappa shape index (κ2) is 10.2. The molecule has 176 valence electrons. The standard InChI is InChI=1S/C24H32N6O3/c1-3-28(4-2)22(32)17-27-12-10-20-19(15-27)23(24(33)29-13-11-25-21(31)16-29)26-30(20)14-18-8-6-5-7-9-18/h5-9H,3-4,10-17H2,1-2H3,(H,25,31). The number of nitrogens with one attached hydrogen (secondary N) is 1. The second-order valence-corrected chi connectivity index (χ2v) is 8.52. The van der Waals surface area contributed by atoms with Crippen molar-refractivity contribution in [3.63, 3.8) is 0 Å². The summed E-state index contributed by atoms with van der Waals surface area (Å²) in [6, 6.07) is 10.0. The van der Waals surface area contributed by atoms with Crippen LogP contribution in [0.25, 0.3) is 0 Å². The molecule has 3 heterocycles. The van der Waals surface area contributed by atoms with Crippen LogP contribution in [0.5, 0.6) is 0 Å². The van der Waals surface area contributed by atoms with E-state index in [2.05, 4.69) is 10.2 Å². The highest BCUT2D eigenvalue weighted by Gasteiger charge is 2.32. The third-order valence-electron chi connectivity index (χ3n) is 6.39. The third kappa shape index (κ3) is 5.08. The van der Waals surface area contributed by atoms with Crippen LogP contribution in [0, 0.1) is 0 Å². The van der Waals surface area contributed by atoms with Gasteiger partial charge in [-0.05, 0) is 19.4 Å². The van der Waals surface area contributed by atoms with Crippen molar-refractivity contribution in [2.45, 2.75) is 33.4 Å². The lowest BCUT2D eigenvalue weighted by Gasteiger charge is -2.30. The first-order valence-corrected chi connectivity index (χ1v) is 11.7. The van der Waals surface area contributed by atoms with E-state index in [9.17, 15) is 14.4 Å². The predicted octanol–water partition coefficient (Wildman–Crippen LogP) is 0.730. The normalized spacial score (nSPS) is 16.3. The average molecular weight is 453 g/mol. The number of nitrogens with zero attached hydrogens (tertiary/aromatic N) is 5. The summed E-state index contributed by atoms with van der Waals surface area (Å²) in [6.07, 6.45) is 0.717. The molecule has 0 atom stereocenters. The SMILES string of the molecule is CCN(CC)C(=O)CN1CCc2c(c(C(=O)N3CCNC(=O)C3)nn2Cc2ccccc2)C1. The van der Waals surface area contributed by atoms with E-state index < -0.39 is 0 Å². The molecular formula is C24H32N6O3. The van der Waals surface area contributed by atoms with Crippen LogP contribution in [0.3, 0.4) is 0 Å². The monoisotopic (exact) mass is 452 g/mol. The van der Waals surface area contributed by atoms with Gasteiger partial charge in [-0.2, -0.15) is 5.10 Å². The number of hydrogen-bond acceptors (Lipinski definition) is 5. The number of amides is 3. The number of likely N-dealkylation sites (N-methyl/N-ethyl adjacent to an activating group) is 1. The highest BCUT2D eigenvalue weighted by Crippen LogP contribution is 2.25. The maximum Gasteiger partial charge on any atom is 0.275 e. The summed E-state index contributed by atoms with van der Waals surface area (Å²) in [6.45, 7) is 8.43. The Hall–Kier alpha value is -3.20. The van der Waals surface area contributed by atoms with Gasteiger partial charge in [0.1, 0.15) is 0 Å². The lowest BCUT2D eigenvalue weighted by atomic mass is 10.0. The molecule has 2 aromatic rings. The molecule has 0 spiro atoms. The second-order valence-electron chi connectivity index (χ2n) is 8.52. The van der Waals surface area contributed by atoms with E-state index >= 15 is 0 Å².